The van der Waals surface area contributed by atoms with Gasteiger partial charge in [-0.25, -0.2) is 4.79 Å². The largest absolute Gasteiger partial charge is 0.480 e. The molecule has 1 aromatic heterocycles. The van der Waals surface area contributed by atoms with Crippen molar-refractivity contribution in [1.82, 2.24) is 4.90 Å². The summed E-state index contributed by atoms with van der Waals surface area (Å²) in [5.41, 5.74) is 0. The lowest BCUT2D eigenvalue weighted by Crippen LogP contribution is -2.42. The SMILES string of the molecule is CC1CCN(C(=O)c2ccc(Cl)o2)C1C(=O)O. The molecule has 0 radical (unpaired) electrons. The number of aliphatic carboxylic acids is 1. The molecule has 1 fully saturated rings. The van der Waals surface area contributed by atoms with Crippen molar-refractivity contribution in [2.45, 2.75) is 19.4 Å². The number of nitrogens with zero attached hydrogens (tertiary/aromatic N) is 1. The van der Waals surface area contributed by atoms with E-state index >= 15 is 0 Å². The summed E-state index contributed by atoms with van der Waals surface area (Å²) in [6.07, 6.45) is 0.678. The van der Waals surface area contributed by atoms with Crippen molar-refractivity contribution in [2.24, 2.45) is 5.92 Å². The molecule has 5 nitrogen and oxygen atoms in total. The van der Waals surface area contributed by atoms with Crippen molar-refractivity contribution < 1.29 is 19.1 Å². The molecule has 92 valence electrons. The van der Waals surface area contributed by atoms with Gasteiger partial charge in [0, 0.05) is 6.54 Å². The molecule has 17 heavy (non-hydrogen) atoms. The van der Waals surface area contributed by atoms with E-state index in [0.29, 0.717) is 13.0 Å². The summed E-state index contributed by atoms with van der Waals surface area (Å²) in [5, 5.41) is 9.22. The number of amides is 1. The zero-order valence-electron chi connectivity index (χ0n) is 9.22. The third kappa shape index (κ3) is 2.15. The zero-order chi connectivity index (χ0) is 12.6. The molecule has 0 aliphatic carbocycles. The second-order valence-electron chi connectivity index (χ2n) is 4.15. The summed E-state index contributed by atoms with van der Waals surface area (Å²) < 4.78 is 5.00. The van der Waals surface area contributed by atoms with E-state index in [0.717, 1.165) is 0 Å². The first-order chi connectivity index (χ1) is 8.00. The van der Waals surface area contributed by atoms with Crippen LogP contribution in [-0.4, -0.2) is 34.5 Å². The molecule has 2 atom stereocenters. The molecule has 2 heterocycles. The van der Waals surface area contributed by atoms with Gasteiger partial charge in [0.05, 0.1) is 0 Å². The Bertz CT molecular complexity index is 456. The Kier molecular flexibility index (Phi) is 3.11. The molecule has 1 aromatic rings. The summed E-state index contributed by atoms with van der Waals surface area (Å²) in [6.45, 7) is 2.25. The highest BCUT2D eigenvalue weighted by Gasteiger charge is 2.40. The van der Waals surface area contributed by atoms with Crippen molar-refractivity contribution in [1.29, 1.82) is 0 Å². The maximum Gasteiger partial charge on any atom is 0.326 e. The first-order valence-corrected chi connectivity index (χ1v) is 5.67. The van der Waals surface area contributed by atoms with Gasteiger partial charge >= 0.3 is 5.97 Å². The minimum atomic E-state index is -0.985. The molecule has 0 aromatic carbocycles. The molecule has 1 aliphatic heterocycles. The number of hydrogen-bond donors (Lipinski definition) is 1. The van der Waals surface area contributed by atoms with Crippen LogP contribution in [0.1, 0.15) is 23.9 Å². The average molecular weight is 258 g/mol. The molecule has 0 bridgehead atoms. The van der Waals surface area contributed by atoms with Gasteiger partial charge in [0.2, 0.25) is 0 Å². The Hall–Kier alpha value is -1.49. The number of hydrogen-bond acceptors (Lipinski definition) is 3. The quantitative estimate of drug-likeness (QED) is 0.878. The number of furan rings is 1. The fraction of sp³-hybridized carbons (Fsp3) is 0.455. The highest BCUT2D eigenvalue weighted by Crippen LogP contribution is 2.26. The van der Waals surface area contributed by atoms with Crippen molar-refractivity contribution in [3.8, 4) is 0 Å². The Labute approximate surface area is 103 Å². The van der Waals surface area contributed by atoms with Crippen molar-refractivity contribution >= 4 is 23.5 Å². The van der Waals surface area contributed by atoms with Crippen LogP contribution >= 0.6 is 11.6 Å². The fourth-order valence-electron chi connectivity index (χ4n) is 2.12. The smallest absolute Gasteiger partial charge is 0.326 e. The van der Waals surface area contributed by atoms with Crippen LogP contribution in [0.25, 0.3) is 0 Å². The molecule has 1 N–H and O–H groups in total. The van der Waals surface area contributed by atoms with Gasteiger partial charge in [0.15, 0.2) is 11.0 Å². The summed E-state index contributed by atoms with van der Waals surface area (Å²) >= 11 is 5.59. The molecule has 1 amide bonds. The average Bonchev–Trinajstić information content (AvgIpc) is 2.83. The Morgan fingerprint density at radius 2 is 2.24 bits per heavy atom. The summed E-state index contributed by atoms with van der Waals surface area (Å²) in [4.78, 5) is 24.5. The van der Waals surface area contributed by atoms with E-state index in [1.165, 1.54) is 17.0 Å². The summed E-state index contributed by atoms with van der Waals surface area (Å²) in [7, 11) is 0. The van der Waals surface area contributed by atoms with E-state index in [1.807, 2.05) is 6.92 Å². The lowest BCUT2D eigenvalue weighted by molar-refractivity contribution is -0.142. The van der Waals surface area contributed by atoms with Crippen LogP contribution in [-0.2, 0) is 4.79 Å². The lowest BCUT2D eigenvalue weighted by Gasteiger charge is -2.22. The van der Waals surface area contributed by atoms with Gasteiger partial charge in [-0.05, 0) is 36.1 Å². The molecule has 0 saturated carbocycles. The minimum absolute atomic E-state index is 0.0538. The second-order valence-corrected chi connectivity index (χ2v) is 4.52. The van der Waals surface area contributed by atoms with Crippen LogP contribution in [0.4, 0.5) is 0 Å². The number of rotatable bonds is 2. The molecule has 2 unspecified atom stereocenters. The van der Waals surface area contributed by atoms with Gasteiger partial charge in [-0.1, -0.05) is 6.92 Å². The number of halogens is 1. The number of carbonyl (C=O) groups excluding carboxylic acids is 1. The van der Waals surface area contributed by atoms with Crippen LogP contribution in [0.5, 0.6) is 0 Å². The van der Waals surface area contributed by atoms with E-state index < -0.39 is 17.9 Å². The van der Waals surface area contributed by atoms with E-state index in [2.05, 4.69) is 0 Å². The molecular formula is C11H12ClNO4. The topological polar surface area (TPSA) is 70.8 Å². The van der Waals surface area contributed by atoms with Gasteiger partial charge in [0.25, 0.3) is 5.91 Å². The first kappa shape index (κ1) is 12.0. The summed E-state index contributed by atoms with van der Waals surface area (Å²) in [5.74, 6) is -1.38. The number of carbonyl (C=O) groups is 2. The van der Waals surface area contributed by atoms with Gasteiger partial charge in [-0.3, -0.25) is 4.79 Å². The Balaban J connectivity index is 2.22. The number of likely N-dealkylation sites (tertiary alicyclic amines) is 1. The van der Waals surface area contributed by atoms with Crippen molar-refractivity contribution in [3.05, 3.63) is 23.1 Å². The molecule has 1 aliphatic rings. The van der Waals surface area contributed by atoms with Gasteiger partial charge < -0.3 is 14.4 Å². The molecule has 1 saturated heterocycles. The minimum Gasteiger partial charge on any atom is -0.480 e. The van der Waals surface area contributed by atoms with Crippen molar-refractivity contribution in [3.63, 3.8) is 0 Å². The maximum atomic E-state index is 12.0. The Morgan fingerprint density at radius 1 is 1.53 bits per heavy atom. The maximum absolute atomic E-state index is 12.0. The van der Waals surface area contributed by atoms with E-state index in [1.54, 1.807) is 0 Å². The van der Waals surface area contributed by atoms with Gasteiger partial charge in [0.1, 0.15) is 6.04 Å². The second kappa shape index (κ2) is 4.41. The summed E-state index contributed by atoms with van der Waals surface area (Å²) in [6, 6.07) is 2.13. The van der Waals surface area contributed by atoms with E-state index in [4.69, 9.17) is 21.1 Å². The van der Waals surface area contributed by atoms with E-state index in [9.17, 15) is 9.59 Å². The number of carboxylic acid groups (broad SMARTS) is 1. The van der Waals surface area contributed by atoms with Gasteiger partial charge in [-0.15, -0.1) is 0 Å². The number of carboxylic acids is 1. The van der Waals surface area contributed by atoms with Crippen LogP contribution in [0.3, 0.4) is 0 Å². The predicted octanol–water partition coefficient (Wildman–Crippen LogP) is 1.87. The third-order valence-corrected chi connectivity index (χ3v) is 3.20. The standard InChI is InChI=1S/C11H12ClNO4/c1-6-4-5-13(9(6)11(15)16)10(14)7-2-3-8(12)17-7/h2-3,6,9H,4-5H2,1H3,(H,15,16). The van der Waals surface area contributed by atoms with Crippen LogP contribution in [0.15, 0.2) is 16.5 Å². The monoisotopic (exact) mass is 257 g/mol. The highest BCUT2D eigenvalue weighted by atomic mass is 35.5. The normalized spacial score (nSPS) is 24.0. The predicted molar refractivity (Wildman–Crippen MR) is 60.0 cm³/mol. The lowest BCUT2D eigenvalue weighted by atomic mass is 10.0. The van der Waals surface area contributed by atoms with Crippen LogP contribution in [0, 0.1) is 5.92 Å². The van der Waals surface area contributed by atoms with Crippen LogP contribution in [0.2, 0.25) is 5.22 Å². The fourth-order valence-corrected chi connectivity index (χ4v) is 2.27. The molecule has 2 rings (SSSR count). The van der Waals surface area contributed by atoms with Gasteiger partial charge in [-0.2, -0.15) is 0 Å². The van der Waals surface area contributed by atoms with Crippen LogP contribution < -0.4 is 0 Å². The van der Waals surface area contributed by atoms with Crippen molar-refractivity contribution in [2.75, 3.05) is 6.54 Å². The molecular weight excluding hydrogens is 246 g/mol. The first-order valence-electron chi connectivity index (χ1n) is 5.30. The highest BCUT2D eigenvalue weighted by molar-refractivity contribution is 6.29. The Morgan fingerprint density at radius 3 is 2.76 bits per heavy atom. The van der Waals surface area contributed by atoms with E-state index in [-0.39, 0.29) is 16.9 Å². The zero-order valence-corrected chi connectivity index (χ0v) is 9.98. The third-order valence-electron chi connectivity index (χ3n) is 3.00. The molecule has 0 spiro atoms. The molecule has 6 heteroatoms.